The van der Waals surface area contributed by atoms with Crippen molar-refractivity contribution in [1.29, 1.82) is 0 Å². The molecular weight excluding hydrogens is 241 g/mol. The van der Waals surface area contributed by atoms with Crippen molar-refractivity contribution in [2.45, 2.75) is 6.54 Å². The molecule has 3 aromatic rings. The Morgan fingerprint density at radius 1 is 1.05 bits per heavy atom. The number of fused-ring (bicyclic) bond motifs is 1. The fourth-order valence-corrected chi connectivity index (χ4v) is 1.94. The molecule has 3 rings (SSSR count). The number of benzene rings is 1. The number of nitrogens with one attached hydrogen (secondary N) is 1. The Morgan fingerprint density at radius 2 is 2.00 bits per heavy atom. The number of hydrogen-bond donors (Lipinski definition) is 1. The van der Waals surface area contributed by atoms with Crippen LogP contribution in [0.15, 0.2) is 54.9 Å². The van der Waals surface area contributed by atoms with Gasteiger partial charge in [0.25, 0.3) is 0 Å². The van der Waals surface area contributed by atoms with Gasteiger partial charge in [-0.05, 0) is 35.2 Å². The first-order valence-electron chi connectivity index (χ1n) is 6.00. The molecule has 0 saturated carbocycles. The van der Waals surface area contributed by atoms with Crippen LogP contribution in [-0.2, 0) is 6.54 Å². The molecule has 4 heteroatoms. The van der Waals surface area contributed by atoms with Crippen molar-refractivity contribution in [1.82, 2.24) is 9.97 Å². The summed E-state index contributed by atoms with van der Waals surface area (Å²) in [4.78, 5) is 7.84. The molecule has 0 bridgehead atoms. The summed E-state index contributed by atoms with van der Waals surface area (Å²) in [5.41, 5.74) is 1.12. The van der Waals surface area contributed by atoms with Crippen LogP contribution in [0.2, 0.25) is 0 Å². The average Bonchev–Trinajstić information content (AvgIpc) is 2.45. The van der Waals surface area contributed by atoms with E-state index in [4.69, 9.17) is 0 Å². The third-order valence-corrected chi connectivity index (χ3v) is 2.89. The lowest BCUT2D eigenvalue weighted by Crippen LogP contribution is -2.01. The van der Waals surface area contributed by atoms with Crippen molar-refractivity contribution in [3.8, 4) is 0 Å². The number of halogens is 1. The predicted octanol–water partition coefficient (Wildman–Crippen LogP) is 3.38. The zero-order valence-corrected chi connectivity index (χ0v) is 10.2. The summed E-state index contributed by atoms with van der Waals surface area (Å²) in [6.07, 6.45) is 3.61. The molecule has 0 aliphatic heterocycles. The van der Waals surface area contributed by atoms with Crippen molar-refractivity contribution in [2.75, 3.05) is 5.32 Å². The van der Waals surface area contributed by atoms with Gasteiger partial charge in [0, 0.05) is 24.3 Å². The Morgan fingerprint density at radius 3 is 2.89 bits per heavy atom. The summed E-state index contributed by atoms with van der Waals surface area (Å²) >= 11 is 0. The molecule has 0 unspecified atom stereocenters. The molecule has 0 aliphatic rings. The largest absolute Gasteiger partial charge is 0.366 e. The van der Waals surface area contributed by atoms with Crippen LogP contribution in [0.3, 0.4) is 0 Å². The lowest BCUT2D eigenvalue weighted by Gasteiger charge is -2.06. The van der Waals surface area contributed by atoms with Crippen molar-refractivity contribution in [3.05, 3.63) is 66.4 Å². The van der Waals surface area contributed by atoms with E-state index in [1.807, 2.05) is 24.4 Å². The van der Waals surface area contributed by atoms with Crippen LogP contribution in [0.1, 0.15) is 5.56 Å². The minimum atomic E-state index is -0.477. The monoisotopic (exact) mass is 253 g/mol. The summed E-state index contributed by atoms with van der Waals surface area (Å²) in [6, 6.07) is 12.8. The average molecular weight is 253 g/mol. The molecule has 0 aliphatic carbocycles. The van der Waals surface area contributed by atoms with Crippen molar-refractivity contribution in [3.63, 3.8) is 0 Å². The Labute approximate surface area is 110 Å². The van der Waals surface area contributed by atoms with E-state index in [-0.39, 0.29) is 0 Å². The maximum absolute atomic E-state index is 12.9. The van der Waals surface area contributed by atoms with Gasteiger partial charge in [0.1, 0.15) is 5.82 Å². The van der Waals surface area contributed by atoms with E-state index in [2.05, 4.69) is 21.4 Å². The molecule has 3 nitrogen and oxygen atoms in total. The number of hydrogen-bond acceptors (Lipinski definition) is 3. The minimum Gasteiger partial charge on any atom is -0.366 e. The van der Waals surface area contributed by atoms with E-state index in [9.17, 15) is 4.39 Å². The second-order valence-corrected chi connectivity index (χ2v) is 4.26. The number of anilines is 1. The highest BCUT2D eigenvalue weighted by atomic mass is 19.1. The Balaban J connectivity index is 1.78. The molecular formula is C15H12FN3. The van der Waals surface area contributed by atoms with Crippen LogP contribution in [-0.4, -0.2) is 9.97 Å². The minimum absolute atomic E-state index is 0.477. The molecule has 0 amide bonds. The Kier molecular flexibility index (Phi) is 3.06. The van der Waals surface area contributed by atoms with Crippen LogP contribution >= 0.6 is 0 Å². The van der Waals surface area contributed by atoms with Gasteiger partial charge in [0.05, 0.1) is 0 Å². The van der Waals surface area contributed by atoms with Gasteiger partial charge in [-0.25, -0.2) is 4.98 Å². The first-order chi connectivity index (χ1) is 9.31. The first kappa shape index (κ1) is 11.6. The molecule has 0 saturated heterocycles. The van der Waals surface area contributed by atoms with E-state index < -0.39 is 5.95 Å². The normalized spacial score (nSPS) is 10.6. The maximum atomic E-state index is 12.9. The van der Waals surface area contributed by atoms with Gasteiger partial charge in [-0.15, -0.1) is 0 Å². The maximum Gasteiger partial charge on any atom is 0.214 e. The molecule has 2 aromatic heterocycles. The van der Waals surface area contributed by atoms with Crippen LogP contribution in [0.25, 0.3) is 10.8 Å². The first-order valence-corrected chi connectivity index (χ1v) is 6.00. The summed E-state index contributed by atoms with van der Waals surface area (Å²) in [6.45, 7) is 0.606. The van der Waals surface area contributed by atoms with Crippen LogP contribution in [0, 0.1) is 5.95 Å². The fraction of sp³-hybridized carbons (Fsp3) is 0.0667. The fourth-order valence-electron chi connectivity index (χ4n) is 1.94. The molecule has 0 spiro atoms. The van der Waals surface area contributed by atoms with Gasteiger partial charge in [-0.2, -0.15) is 4.39 Å². The molecule has 0 atom stereocenters. The number of aromatic nitrogens is 2. The van der Waals surface area contributed by atoms with Gasteiger partial charge >= 0.3 is 0 Å². The zero-order valence-electron chi connectivity index (χ0n) is 10.2. The zero-order chi connectivity index (χ0) is 13.1. The highest BCUT2D eigenvalue weighted by molar-refractivity contribution is 5.82. The van der Waals surface area contributed by atoms with Gasteiger partial charge in [-0.3, -0.25) is 4.98 Å². The second-order valence-electron chi connectivity index (χ2n) is 4.26. The van der Waals surface area contributed by atoms with E-state index in [1.54, 1.807) is 18.3 Å². The van der Waals surface area contributed by atoms with Gasteiger partial charge < -0.3 is 5.32 Å². The molecule has 0 fully saturated rings. The van der Waals surface area contributed by atoms with Crippen molar-refractivity contribution >= 4 is 16.6 Å². The van der Waals surface area contributed by atoms with E-state index in [0.29, 0.717) is 12.4 Å². The number of rotatable bonds is 3. The third kappa shape index (κ3) is 2.68. The van der Waals surface area contributed by atoms with E-state index in [1.165, 1.54) is 6.07 Å². The molecule has 1 aromatic carbocycles. The van der Waals surface area contributed by atoms with Crippen LogP contribution in [0.4, 0.5) is 10.2 Å². The smallest absolute Gasteiger partial charge is 0.214 e. The number of pyridine rings is 2. The van der Waals surface area contributed by atoms with Crippen LogP contribution in [0.5, 0.6) is 0 Å². The molecule has 19 heavy (non-hydrogen) atoms. The lowest BCUT2D eigenvalue weighted by molar-refractivity contribution is 0.585. The molecule has 1 N–H and O–H groups in total. The van der Waals surface area contributed by atoms with Gasteiger partial charge in [-0.1, -0.05) is 18.2 Å². The molecule has 2 heterocycles. The predicted molar refractivity (Wildman–Crippen MR) is 73.3 cm³/mol. The molecule has 94 valence electrons. The van der Waals surface area contributed by atoms with Crippen molar-refractivity contribution in [2.24, 2.45) is 0 Å². The highest BCUT2D eigenvalue weighted by Gasteiger charge is 1.99. The summed E-state index contributed by atoms with van der Waals surface area (Å²) < 4.78 is 12.9. The summed E-state index contributed by atoms with van der Waals surface area (Å²) in [7, 11) is 0. The van der Waals surface area contributed by atoms with E-state index >= 15 is 0 Å². The second kappa shape index (κ2) is 5.02. The van der Waals surface area contributed by atoms with Gasteiger partial charge in [0.2, 0.25) is 5.95 Å². The topological polar surface area (TPSA) is 37.8 Å². The third-order valence-electron chi connectivity index (χ3n) is 2.89. The number of nitrogens with zero attached hydrogens (tertiary/aromatic N) is 2. The SMILES string of the molecule is Fc1cccc(NCc2ccc3cnccc3c2)n1. The standard InChI is InChI=1S/C15H12FN3/c16-14-2-1-3-15(19-14)18-9-11-4-5-13-10-17-7-6-12(13)8-11/h1-8,10H,9H2,(H,18,19). The van der Waals surface area contributed by atoms with Crippen LogP contribution < -0.4 is 5.32 Å². The lowest BCUT2D eigenvalue weighted by atomic mass is 10.1. The van der Waals surface area contributed by atoms with Crippen molar-refractivity contribution < 1.29 is 4.39 Å². The quantitative estimate of drug-likeness (QED) is 0.727. The van der Waals surface area contributed by atoms with E-state index in [0.717, 1.165) is 16.3 Å². The Hall–Kier alpha value is -2.49. The Bertz CT molecular complexity index is 712. The molecule has 0 radical (unpaired) electrons. The summed E-state index contributed by atoms with van der Waals surface area (Å²) in [5.74, 6) is 0.0596. The highest BCUT2D eigenvalue weighted by Crippen LogP contribution is 2.15. The van der Waals surface area contributed by atoms with Gasteiger partial charge in [0.15, 0.2) is 0 Å². The summed E-state index contributed by atoms with van der Waals surface area (Å²) in [5, 5.41) is 5.35.